The molecule has 0 aliphatic carbocycles. The predicted octanol–water partition coefficient (Wildman–Crippen LogP) is 5.94. The molecule has 0 radical (unpaired) electrons. The third-order valence-electron chi connectivity index (χ3n) is 5.73. The third-order valence-corrected chi connectivity index (χ3v) is 6.94. The van der Waals surface area contributed by atoms with Gasteiger partial charge in [-0.25, -0.2) is 4.98 Å². The number of fused-ring (bicyclic) bond motifs is 2. The molecule has 1 amide bonds. The van der Waals surface area contributed by atoms with Gasteiger partial charge in [-0.2, -0.15) is 0 Å². The van der Waals surface area contributed by atoms with Crippen molar-refractivity contribution in [2.45, 2.75) is 19.9 Å². The Labute approximate surface area is 196 Å². The van der Waals surface area contributed by atoms with Crippen molar-refractivity contribution < 1.29 is 9.53 Å². The first kappa shape index (κ1) is 21.1. The number of hydrogen-bond acceptors (Lipinski definition) is 5. The van der Waals surface area contributed by atoms with Crippen LogP contribution in [0.25, 0.3) is 21.0 Å². The van der Waals surface area contributed by atoms with E-state index < -0.39 is 0 Å². The van der Waals surface area contributed by atoms with Gasteiger partial charge in [0.05, 0.1) is 24.8 Å². The SMILES string of the molecule is COc1ccc(C)c2sc(N(Cc3cccnc3)C(=O)Cc3cccc4ccccc34)nc12. The Hall–Kier alpha value is -3.77. The molecule has 0 fully saturated rings. The van der Waals surface area contributed by atoms with E-state index in [1.54, 1.807) is 24.4 Å². The molecule has 5 rings (SSSR count). The van der Waals surface area contributed by atoms with Crippen LogP contribution in [-0.4, -0.2) is 23.0 Å². The molecule has 0 atom stereocenters. The van der Waals surface area contributed by atoms with Crippen molar-refractivity contribution in [2.75, 3.05) is 12.0 Å². The number of hydrogen-bond donors (Lipinski definition) is 0. The number of carbonyl (C=O) groups is 1. The van der Waals surface area contributed by atoms with Gasteiger partial charge in [-0.1, -0.05) is 65.9 Å². The van der Waals surface area contributed by atoms with Gasteiger partial charge in [0.15, 0.2) is 5.13 Å². The lowest BCUT2D eigenvalue weighted by Crippen LogP contribution is -2.31. The molecule has 2 aromatic heterocycles. The van der Waals surface area contributed by atoms with Crippen LogP contribution in [-0.2, 0) is 17.8 Å². The monoisotopic (exact) mass is 453 g/mol. The highest BCUT2D eigenvalue weighted by atomic mass is 32.1. The number of amides is 1. The number of benzene rings is 3. The molecule has 2 heterocycles. The quantitative estimate of drug-likeness (QED) is 0.319. The first-order valence-corrected chi connectivity index (χ1v) is 11.6. The van der Waals surface area contributed by atoms with Gasteiger partial charge in [-0.3, -0.25) is 14.7 Å². The average molecular weight is 454 g/mol. The zero-order chi connectivity index (χ0) is 22.8. The van der Waals surface area contributed by atoms with Gasteiger partial charge < -0.3 is 4.74 Å². The second-order valence-corrected chi connectivity index (χ2v) is 8.89. The summed E-state index contributed by atoms with van der Waals surface area (Å²) in [5.74, 6) is 0.701. The Morgan fingerprint density at radius 2 is 1.88 bits per heavy atom. The van der Waals surface area contributed by atoms with Crippen molar-refractivity contribution in [3.8, 4) is 5.75 Å². The lowest BCUT2D eigenvalue weighted by atomic mass is 10.0. The van der Waals surface area contributed by atoms with Crippen LogP contribution in [0.2, 0.25) is 0 Å². The minimum Gasteiger partial charge on any atom is -0.494 e. The molecule has 0 spiro atoms. The summed E-state index contributed by atoms with van der Waals surface area (Å²) in [4.78, 5) is 24.6. The zero-order valence-corrected chi connectivity index (χ0v) is 19.3. The summed E-state index contributed by atoms with van der Waals surface area (Å²) in [7, 11) is 1.64. The second-order valence-electron chi connectivity index (χ2n) is 7.92. The fourth-order valence-corrected chi connectivity index (χ4v) is 5.09. The molecule has 33 heavy (non-hydrogen) atoms. The van der Waals surface area contributed by atoms with Crippen LogP contribution in [0.4, 0.5) is 5.13 Å². The molecule has 5 nitrogen and oxygen atoms in total. The van der Waals surface area contributed by atoms with E-state index in [0.717, 1.165) is 37.7 Å². The molecule has 0 bridgehead atoms. The molecular formula is C27H23N3O2S. The van der Waals surface area contributed by atoms with Crippen molar-refractivity contribution in [3.63, 3.8) is 0 Å². The van der Waals surface area contributed by atoms with E-state index in [1.807, 2.05) is 55.5 Å². The number of anilines is 1. The van der Waals surface area contributed by atoms with Crippen molar-refractivity contribution >= 4 is 43.4 Å². The minimum atomic E-state index is -0.00844. The Morgan fingerprint density at radius 3 is 2.70 bits per heavy atom. The summed E-state index contributed by atoms with van der Waals surface area (Å²) in [5, 5.41) is 2.88. The largest absolute Gasteiger partial charge is 0.494 e. The number of aromatic nitrogens is 2. The lowest BCUT2D eigenvalue weighted by Gasteiger charge is -2.20. The molecule has 3 aromatic carbocycles. The van der Waals surface area contributed by atoms with E-state index in [2.05, 4.69) is 23.2 Å². The maximum absolute atomic E-state index is 13.7. The molecule has 5 aromatic rings. The van der Waals surface area contributed by atoms with Crippen LogP contribution < -0.4 is 9.64 Å². The van der Waals surface area contributed by atoms with Gasteiger partial charge in [0.2, 0.25) is 5.91 Å². The van der Waals surface area contributed by atoms with Crippen LogP contribution >= 0.6 is 11.3 Å². The molecule has 0 saturated heterocycles. The summed E-state index contributed by atoms with van der Waals surface area (Å²) < 4.78 is 6.56. The summed E-state index contributed by atoms with van der Waals surface area (Å²) in [5.41, 5.74) is 3.85. The topological polar surface area (TPSA) is 55.3 Å². The molecule has 0 unspecified atom stereocenters. The van der Waals surface area contributed by atoms with Crippen LogP contribution in [0.15, 0.2) is 79.1 Å². The van der Waals surface area contributed by atoms with Crippen LogP contribution in [0, 0.1) is 6.92 Å². The molecule has 0 N–H and O–H groups in total. The first-order valence-electron chi connectivity index (χ1n) is 10.7. The lowest BCUT2D eigenvalue weighted by molar-refractivity contribution is -0.118. The Bertz CT molecular complexity index is 1440. The average Bonchev–Trinajstić information content (AvgIpc) is 3.30. The molecule has 6 heteroatoms. The van der Waals surface area contributed by atoms with Gasteiger partial charge in [0, 0.05) is 12.4 Å². The summed E-state index contributed by atoms with van der Waals surface area (Å²) in [6.45, 7) is 2.45. The van der Waals surface area contributed by atoms with Crippen molar-refractivity contribution in [1.29, 1.82) is 0 Å². The minimum absolute atomic E-state index is 0.00844. The van der Waals surface area contributed by atoms with Crippen LogP contribution in [0.5, 0.6) is 5.75 Å². The van der Waals surface area contributed by atoms with E-state index in [4.69, 9.17) is 9.72 Å². The maximum Gasteiger partial charge on any atom is 0.233 e. The van der Waals surface area contributed by atoms with Gasteiger partial charge in [-0.05, 0) is 46.5 Å². The summed E-state index contributed by atoms with van der Waals surface area (Å²) in [6.07, 6.45) is 3.81. The number of ether oxygens (including phenoxy) is 1. The van der Waals surface area contributed by atoms with Crippen LogP contribution in [0.3, 0.4) is 0 Å². The summed E-state index contributed by atoms with van der Waals surface area (Å²) >= 11 is 1.52. The van der Waals surface area contributed by atoms with Crippen molar-refractivity contribution in [2.24, 2.45) is 0 Å². The molecular weight excluding hydrogens is 430 g/mol. The van der Waals surface area contributed by atoms with Crippen molar-refractivity contribution in [3.05, 3.63) is 95.8 Å². The molecule has 0 aliphatic heterocycles. The van der Waals surface area contributed by atoms with Crippen molar-refractivity contribution in [1.82, 2.24) is 9.97 Å². The Morgan fingerprint density at radius 1 is 1.03 bits per heavy atom. The predicted molar refractivity (Wildman–Crippen MR) is 134 cm³/mol. The Kier molecular flexibility index (Phi) is 5.75. The fourth-order valence-electron chi connectivity index (χ4n) is 4.02. The number of aryl methyl sites for hydroxylation is 1. The van der Waals surface area contributed by atoms with E-state index >= 15 is 0 Å². The summed E-state index contributed by atoms with van der Waals surface area (Å²) in [6, 6.07) is 22.0. The molecule has 0 saturated carbocycles. The number of methoxy groups -OCH3 is 1. The van der Waals surface area contributed by atoms with Gasteiger partial charge in [-0.15, -0.1) is 0 Å². The third kappa shape index (κ3) is 4.17. The highest BCUT2D eigenvalue weighted by Gasteiger charge is 2.23. The van der Waals surface area contributed by atoms with E-state index in [-0.39, 0.29) is 12.3 Å². The number of pyridine rings is 1. The van der Waals surface area contributed by atoms with Gasteiger partial charge in [0.25, 0.3) is 0 Å². The highest BCUT2D eigenvalue weighted by Crippen LogP contribution is 2.37. The van der Waals surface area contributed by atoms with Crippen LogP contribution in [0.1, 0.15) is 16.7 Å². The molecule has 0 aliphatic rings. The normalized spacial score (nSPS) is 11.1. The molecule has 164 valence electrons. The fraction of sp³-hybridized carbons (Fsp3) is 0.148. The van der Waals surface area contributed by atoms with E-state index in [1.165, 1.54) is 11.3 Å². The zero-order valence-electron chi connectivity index (χ0n) is 18.5. The van der Waals surface area contributed by atoms with Gasteiger partial charge >= 0.3 is 0 Å². The van der Waals surface area contributed by atoms with E-state index in [9.17, 15) is 4.79 Å². The highest BCUT2D eigenvalue weighted by molar-refractivity contribution is 7.22. The number of nitrogens with zero attached hydrogens (tertiary/aromatic N) is 3. The number of rotatable bonds is 6. The Balaban J connectivity index is 1.57. The maximum atomic E-state index is 13.7. The second kappa shape index (κ2) is 9.00. The smallest absolute Gasteiger partial charge is 0.233 e. The van der Waals surface area contributed by atoms with Gasteiger partial charge in [0.1, 0.15) is 11.3 Å². The number of thiazole rings is 1. The number of carbonyl (C=O) groups excluding carboxylic acids is 1. The standard InChI is InChI=1S/C27H23N3O2S/c1-18-12-13-23(32-2)25-26(18)33-27(29-25)30(17-19-7-6-14-28-16-19)24(31)15-21-10-5-9-20-8-3-4-11-22(20)21/h3-14,16H,15,17H2,1-2H3. The van der Waals surface area contributed by atoms with E-state index in [0.29, 0.717) is 17.4 Å². The first-order chi connectivity index (χ1) is 16.1.